The molecule has 1 unspecified atom stereocenters. The van der Waals surface area contributed by atoms with Crippen molar-refractivity contribution in [2.24, 2.45) is 0 Å². The summed E-state index contributed by atoms with van der Waals surface area (Å²) in [6.07, 6.45) is 0.436. The van der Waals surface area contributed by atoms with Gasteiger partial charge in [0.05, 0.1) is 0 Å². The second-order valence-electron chi connectivity index (χ2n) is 5.64. The molecule has 0 fully saturated rings. The lowest BCUT2D eigenvalue weighted by molar-refractivity contribution is -0.125. The Hall–Kier alpha value is -2.81. The van der Waals surface area contributed by atoms with E-state index in [1.807, 2.05) is 31.1 Å². The summed E-state index contributed by atoms with van der Waals surface area (Å²) in [5, 5.41) is 8.95. The summed E-state index contributed by atoms with van der Waals surface area (Å²) in [6, 6.07) is 5.01. The van der Waals surface area contributed by atoms with Gasteiger partial charge in [-0.25, -0.2) is 9.89 Å². The molecule has 9 nitrogen and oxygen atoms in total. The van der Waals surface area contributed by atoms with E-state index in [1.54, 1.807) is 6.07 Å². The van der Waals surface area contributed by atoms with E-state index in [0.717, 1.165) is 5.56 Å². The lowest BCUT2D eigenvalue weighted by Gasteiger charge is -2.24. The molecule has 128 valence electrons. The van der Waals surface area contributed by atoms with Gasteiger partial charge in [0.25, 0.3) is 0 Å². The Morgan fingerprint density at radius 1 is 1.38 bits per heavy atom. The number of rotatable bonds is 6. The third kappa shape index (κ3) is 3.40. The SMILES string of the molecule is CN(C)C(C(=O)NCCc1n[nH]c(=O)[nH]1)c1ccc2c(c1)OCO2. The van der Waals surface area contributed by atoms with Crippen LogP contribution in [0.4, 0.5) is 0 Å². The number of amides is 1. The lowest BCUT2D eigenvalue weighted by Crippen LogP contribution is -2.38. The predicted octanol–water partition coefficient (Wildman–Crippen LogP) is -0.212. The number of likely N-dealkylation sites (N-methyl/N-ethyl adjacent to an activating group) is 1. The van der Waals surface area contributed by atoms with Crippen molar-refractivity contribution in [3.8, 4) is 11.5 Å². The van der Waals surface area contributed by atoms with Gasteiger partial charge >= 0.3 is 5.69 Å². The van der Waals surface area contributed by atoms with E-state index in [0.29, 0.717) is 30.3 Å². The van der Waals surface area contributed by atoms with Crippen molar-refractivity contribution in [3.05, 3.63) is 40.1 Å². The minimum absolute atomic E-state index is 0.142. The van der Waals surface area contributed by atoms with Crippen LogP contribution in [0.15, 0.2) is 23.0 Å². The Kier molecular flexibility index (Phi) is 4.52. The molecule has 0 saturated heterocycles. The molecule has 1 aromatic heterocycles. The number of benzene rings is 1. The smallest absolute Gasteiger partial charge is 0.340 e. The quantitative estimate of drug-likeness (QED) is 0.674. The number of nitrogens with one attached hydrogen (secondary N) is 3. The number of hydrogen-bond acceptors (Lipinski definition) is 6. The van der Waals surface area contributed by atoms with E-state index >= 15 is 0 Å². The second-order valence-corrected chi connectivity index (χ2v) is 5.64. The molecule has 0 aliphatic carbocycles. The topological polar surface area (TPSA) is 112 Å². The highest BCUT2D eigenvalue weighted by molar-refractivity contribution is 5.83. The molecule has 1 aliphatic rings. The van der Waals surface area contributed by atoms with Crippen LogP contribution in [0.2, 0.25) is 0 Å². The van der Waals surface area contributed by atoms with Gasteiger partial charge in [-0.1, -0.05) is 6.07 Å². The third-order valence-corrected chi connectivity index (χ3v) is 3.69. The minimum Gasteiger partial charge on any atom is -0.454 e. The van der Waals surface area contributed by atoms with Gasteiger partial charge in [-0.15, -0.1) is 0 Å². The summed E-state index contributed by atoms with van der Waals surface area (Å²) in [6.45, 7) is 0.563. The van der Waals surface area contributed by atoms with Crippen LogP contribution in [0.5, 0.6) is 11.5 Å². The standard InChI is InChI=1S/C15H19N5O4/c1-20(2)13(9-3-4-10-11(7-9)24-8-23-10)14(21)16-6-5-12-17-15(22)19-18-12/h3-4,7,13H,5-6,8H2,1-2H3,(H,16,21)(H2,17,18,19,22). The van der Waals surface area contributed by atoms with Crippen LogP contribution in [-0.4, -0.2) is 53.4 Å². The summed E-state index contributed by atoms with van der Waals surface area (Å²) >= 11 is 0. The van der Waals surface area contributed by atoms with Gasteiger partial charge in [0.2, 0.25) is 12.7 Å². The van der Waals surface area contributed by atoms with Crippen molar-refractivity contribution in [2.45, 2.75) is 12.5 Å². The fourth-order valence-corrected chi connectivity index (χ4v) is 2.59. The van der Waals surface area contributed by atoms with Crippen LogP contribution < -0.4 is 20.5 Å². The summed E-state index contributed by atoms with van der Waals surface area (Å²) in [5.74, 6) is 1.68. The van der Waals surface area contributed by atoms with Crippen molar-refractivity contribution < 1.29 is 14.3 Å². The van der Waals surface area contributed by atoms with Crippen molar-refractivity contribution in [1.82, 2.24) is 25.4 Å². The number of ether oxygens (including phenoxy) is 2. The molecule has 1 aliphatic heterocycles. The van der Waals surface area contributed by atoms with E-state index in [-0.39, 0.29) is 18.4 Å². The van der Waals surface area contributed by atoms with Gasteiger partial charge in [-0.05, 0) is 31.8 Å². The first-order valence-corrected chi connectivity index (χ1v) is 7.52. The molecular weight excluding hydrogens is 314 g/mol. The molecule has 2 aromatic rings. The number of fused-ring (bicyclic) bond motifs is 1. The first kappa shape index (κ1) is 16.1. The van der Waals surface area contributed by atoms with Crippen LogP contribution in [0.25, 0.3) is 0 Å². The molecule has 3 rings (SSSR count). The first-order chi connectivity index (χ1) is 11.5. The fraction of sp³-hybridized carbons (Fsp3) is 0.400. The predicted molar refractivity (Wildman–Crippen MR) is 84.9 cm³/mol. The molecule has 0 spiro atoms. The molecule has 24 heavy (non-hydrogen) atoms. The monoisotopic (exact) mass is 333 g/mol. The average molecular weight is 333 g/mol. The molecular formula is C15H19N5O4. The molecule has 0 saturated carbocycles. The zero-order valence-corrected chi connectivity index (χ0v) is 13.5. The van der Waals surface area contributed by atoms with Crippen LogP contribution >= 0.6 is 0 Å². The average Bonchev–Trinajstić information content (AvgIpc) is 3.15. The molecule has 3 N–H and O–H groups in total. The number of H-pyrrole nitrogens is 2. The number of nitrogens with zero attached hydrogens (tertiary/aromatic N) is 2. The number of hydrogen-bond donors (Lipinski definition) is 3. The third-order valence-electron chi connectivity index (χ3n) is 3.69. The largest absolute Gasteiger partial charge is 0.454 e. The minimum atomic E-state index is -0.460. The number of carbonyl (C=O) groups is 1. The highest BCUT2D eigenvalue weighted by Crippen LogP contribution is 2.35. The molecule has 9 heteroatoms. The summed E-state index contributed by atoms with van der Waals surface area (Å²) < 4.78 is 10.7. The molecule has 1 atom stereocenters. The van der Waals surface area contributed by atoms with Crippen LogP contribution in [0.1, 0.15) is 17.4 Å². The van der Waals surface area contributed by atoms with Gasteiger partial charge in [-0.2, -0.15) is 5.10 Å². The number of aromatic amines is 2. The van der Waals surface area contributed by atoms with E-state index in [9.17, 15) is 9.59 Å². The molecule has 2 heterocycles. The van der Waals surface area contributed by atoms with Crippen LogP contribution in [0.3, 0.4) is 0 Å². The first-order valence-electron chi connectivity index (χ1n) is 7.52. The van der Waals surface area contributed by atoms with Crippen LogP contribution in [-0.2, 0) is 11.2 Å². The maximum absolute atomic E-state index is 12.6. The highest BCUT2D eigenvalue weighted by atomic mass is 16.7. The van der Waals surface area contributed by atoms with Gasteiger partial charge in [0, 0.05) is 13.0 Å². The zero-order valence-electron chi connectivity index (χ0n) is 13.5. The summed E-state index contributed by atoms with van der Waals surface area (Å²) in [7, 11) is 3.67. The highest BCUT2D eigenvalue weighted by Gasteiger charge is 2.25. The van der Waals surface area contributed by atoms with E-state index in [1.165, 1.54) is 0 Å². The number of carbonyl (C=O) groups excluding carboxylic acids is 1. The lowest BCUT2D eigenvalue weighted by atomic mass is 10.0. The molecule has 1 aromatic carbocycles. The van der Waals surface area contributed by atoms with Gasteiger partial charge in [-0.3, -0.25) is 14.7 Å². The number of aromatic nitrogens is 3. The van der Waals surface area contributed by atoms with Gasteiger partial charge in [0.15, 0.2) is 11.5 Å². The Bertz CT molecular complexity index is 782. The van der Waals surface area contributed by atoms with Crippen molar-refractivity contribution in [3.63, 3.8) is 0 Å². The molecule has 1 amide bonds. The Balaban J connectivity index is 1.66. The van der Waals surface area contributed by atoms with E-state index in [2.05, 4.69) is 20.5 Å². The zero-order chi connectivity index (χ0) is 17.1. The van der Waals surface area contributed by atoms with Crippen molar-refractivity contribution >= 4 is 5.91 Å². The maximum atomic E-state index is 12.6. The van der Waals surface area contributed by atoms with Crippen molar-refractivity contribution in [2.75, 3.05) is 27.4 Å². The van der Waals surface area contributed by atoms with Crippen LogP contribution in [0, 0.1) is 0 Å². The fourth-order valence-electron chi connectivity index (χ4n) is 2.59. The summed E-state index contributed by atoms with van der Waals surface area (Å²) in [5.41, 5.74) is 0.456. The molecule has 0 bridgehead atoms. The van der Waals surface area contributed by atoms with Crippen molar-refractivity contribution in [1.29, 1.82) is 0 Å². The van der Waals surface area contributed by atoms with Gasteiger partial charge < -0.3 is 14.8 Å². The Labute approximate surface area is 138 Å². The summed E-state index contributed by atoms with van der Waals surface area (Å²) in [4.78, 5) is 27.9. The van der Waals surface area contributed by atoms with E-state index in [4.69, 9.17) is 9.47 Å². The Morgan fingerprint density at radius 2 is 2.17 bits per heavy atom. The second kappa shape index (κ2) is 6.75. The molecule has 0 radical (unpaired) electrons. The van der Waals surface area contributed by atoms with Gasteiger partial charge in [0.1, 0.15) is 11.9 Å². The maximum Gasteiger partial charge on any atom is 0.340 e. The Morgan fingerprint density at radius 3 is 2.88 bits per heavy atom. The van der Waals surface area contributed by atoms with E-state index < -0.39 is 6.04 Å². The normalized spacial score (nSPS) is 14.0.